The van der Waals surface area contributed by atoms with E-state index in [1.165, 1.54) is 6.92 Å². The molecule has 0 fully saturated rings. The number of nitrogens with one attached hydrogen (secondary N) is 1. The average molecular weight is 216 g/mol. The zero-order valence-electron chi connectivity index (χ0n) is 7.65. The number of amides is 1. The van der Waals surface area contributed by atoms with Gasteiger partial charge in [-0.3, -0.25) is 9.35 Å². The van der Waals surface area contributed by atoms with E-state index < -0.39 is 21.4 Å². The van der Waals surface area contributed by atoms with Gasteiger partial charge in [0.1, 0.15) is 0 Å². The van der Waals surface area contributed by atoms with Gasteiger partial charge in [0.05, 0.1) is 0 Å². The third-order valence-corrected chi connectivity index (χ3v) is 2.39. The molecule has 71 valence electrons. The number of carbonyl (C=O) groups excluding carboxylic acids is 1. The van der Waals surface area contributed by atoms with Gasteiger partial charge in [-0.05, 0) is 12.5 Å². The van der Waals surface area contributed by atoms with E-state index in [-0.39, 0.29) is 36.0 Å². The molecular formula is C6H11NNaO4S. The first kappa shape index (κ1) is 15.6. The summed E-state index contributed by atoms with van der Waals surface area (Å²) in [6, 6.07) is 0. The van der Waals surface area contributed by atoms with Crippen molar-refractivity contribution in [1.29, 1.82) is 0 Å². The Hall–Kier alpha value is 0.120. The van der Waals surface area contributed by atoms with Gasteiger partial charge < -0.3 is 5.32 Å². The van der Waals surface area contributed by atoms with Crippen LogP contribution in [0.2, 0.25) is 0 Å². The standard InChI is InChI=1S/C6H11NO4S.Na/c1-3-5(8)7-6(4-2)12(9,10)11;/h3,6H,1,4H2,2H3,(H,7,8)(H,9,10,11);. The molecule has 0 aliphatic rings. The van der Waals surface area contributed by atoms with Crippen LogP contribution in [0.1, 0.15) is 13.3 Å². The molecule has 0 aromatic carbocycles. The van der Waals surface area contributed by atoms with Crippen LogP contribution in [0, 0.1) is 0 Å². The Kier molecular flexibility index (Phi) is 7.86. The Bertz CT molecular complexity index is 274. The molecule has 0 aromatic heterocycles. The second kappa shape index (κ2) is 6.56. The minimum absolute atomic E-state index is 0. The van der Waals surface area contributed by atoms with Gasteiger partial charge in [0.2, 0.25) is 5.91 Å². The van der Waals surface area contributed by atoms with Crippen LogP contribution in [0.4, 0.5) is 0 Å². The van der Waals surface area contributed by atoms with E-state index in [1.807, 2.05) is 0 Å². The second-order valence-corrected chi connectivity index (χ2v) is 3.72. The van der Waals surface area contributed by atoms with Gasteiger partial charge in [-0.1, -0.05) is 13.5 Å². The molecule has 0 aliphatic carbocycles. The first-order valence-corrected chi connectivity index (χ1v) is 4.81. The number of hydrogen-bond acceptors (Lipinski definition) is 3. The molecular weight excluding hydrogens is 205 g/mol. The summed E-state index contributed by atoms with van der Waals surface area (Å²) in [6.45, 7) is 4.67. The summed E-state index contributed by atoms with van der Waals surface area (Å²) < 4.78 is 29.6. The van der Waals surface area contributed by atoms with Crippen LogP contribution in [-0.2, 0) is 14.9 Å². The predicted molar refractivity (Wildman–Crippen MR) is 49.7 cm³/mol. The van der Waals surface area contributed by atoms with E-state index in [0.717, 1.165) is 6.08 Å². The Morgan fingerprint density at radius 2 is 2.15 bits per heavy atom. The second-order valence-electron chi connectivity index (χ2n) is 2.12. The summed E-state index contributed by atoms with van der Waals surface area (Å²) in [7, 11) is -4.20. The zero-order valence-corrected chi connectivity index (χ0v) is 10.5. The van der Waals surface area contributed by atoms with Crippen LogP contribution in [0.5, 0.6) is 0 Å². The monoisotopic (exact) mass is 216 g/mol. The van der Waals surface area contributed by atoms with Crippen molar-refractivity contribution >= 4 is 45.6 Å². The molecule has 2 N–H and O–H groups in total. The normalized spacial score (nSPS) is 12.5. The van der Waals surface area contributed by atoms with Crippen molar-refractivity contribution in [2.24, 2.45) is 0 Å². The fourth-order valence-corrected chi connectivity index (χ4v) is 1.29. The summed E-state index contributed by atoms with van der Waals surface area (Å²) in [5.74, 6) is -0.625. The Morgan fingerprint density at radius 1 is 1.69 bits per heavy atom. The summed E-state index contributed by atoms with van der Waals surface area (Å²) in [4.78, 5) is 10.6. The zero-order chi connectivity index (χ0) is 9.78. The van der Waals surface area contributed by atoms with Crippen molar-refractivity contribution < 1.29 is 17.8 Å². The smallest absolute Gasteiger partial charge is 0.286 e. The molecule has 0 aromatic rings. The van der Waals surface area contributed by atoms with Crippen molar-refractivity contribution in [2.75, 3.05) is 0 Å². The van der Waals surface area contributed by atoms with Crippen LogP contribution < -0.4 is 5.32 Å². The largest absolute Gasteiger partial charge is 0.334 e. The molecule has 0 bridgehead atoms. The Labute approximate surface area is 99.6 Å². The molecule has 7 heteroatoms. The van der Waals surface area contributed by atoms with Gasteiger partial charge in [-0.2, -0.15) is 8.42 Å². The summed E-state index contributed by atoms with van der Waals surface area (Å²) in [5.41, 5.74) is 0. The topological polar surface area (TPSA) is 83.5 Å². The van der Waals surface area contributed by atoms with Crippen LogP contribution in [0.3, 0.4) is 0 Å². The fraction of sp³-hybridized carbons (Fsp3) is 0.500. The first-order chi connectivity index (χ1) is 5.41. The number of hydrogen-bond donors (Lipinski definition) is 2. The molecule has 13 heavy (non-hydrogen) atoms. The minimum Gasteiger partial charge on any atom is -0.334 e. The van der Waals surface area contributed by atoms with E-state index in [1.54, 1.807) is 0 Å². The minimum atomic E-state index is -4.20. The van der Waals surface area contributed by atoms with Crippen molar-refractivity contribution in [2.45, 2.75) is 18.7 Å². The quantitative estimate of drug-likeness (QED) is 0.378. The molecule has 1 unspecified atom stereocenters. The van der Waals surface area contributed by atoms with Crippen LogP contribution in [0.15, 0.2) is 12.7 Å². The van der Waals surface area contributed by atoms with Gasteiger partial charge >= 0.3 is 0 Å². The summed E-state index contributed by atoms with van der Waals surface area (Å²) in [6.07, 6.45) is 1.05. The van der Waals surface area contributed by atoms with Gasteiger partial charge in [-0.15, -0.1) is 0 Å². The van der Waals surface area contributed by atoms with Crippen LogP contribution in [0.25, 0.3) is 0 Å². The van der Waals surface area contributed by atoms with E-state index in [0.29, 0.717) is 0 Å². The molecule has 0 aliphatic heterocycles. The van der Waals surface area contributed by atoms with Crippen molar-refractivity contribution in [3.63, 3.8) is 0 Å². The van der Waals surface area contributed by atoms with E-state index >= 15 is 0 Å². The maximum atomic E-state index is 10.6. The number of carbonyl (C=O) groups is 1. The molecule has 0 rings (SSSR count). The van der Waals surface area contributed by atoms with Gasteiger partial charge in [-0.25, -0.2) is 0 Å². The van der Waals surface area contributed by atoms with Crippen molar-refractivity contribution in [3.8, 4) is 0 Å². The van der Waals surface area contributed by atoms with Gasteiger partial charge in [0, 0.05) is 29.6 Å². The summed E-state index contributed by atoms with van der Waals surface area (Å²) in [5, 5.41) is 0.814. The van der Waals surface area contributed by atoms with E-state index in [4.69, 9.17) is 4.55 Å². The molecule has 0 saturated carbocycles. The van der Waals surface area contributed by atoms with Crippen LogP contribution in [-0.4, -0.2) is 53.8 Å². The van der Waals surface area contributed by atoms with E-state index in [2.05, 4.69) is 11.9 Å². The van der Waals surface area contributed by atoms with Crippen molar-refractivity contribution in [1.82, 2.24) is 5.32 Å². The first-order valence-electron chi connectivity index (χ1n) is 3.31. The van der Waals surface area contributed by atoms with Gasteiger partial charge in [0.15, 0.2) is 5.37 Å². The molecule has 1 radical (unpaired) electrons. The Balaban J connectivity index is 0. The SMILES string of the molecule is C=CC(=O)NC(CC)S(=O)(=O)O.[Na]. The maximum absolute atomic E-state index is 10.6. The van der Waals surface area contributed by atoms with Crippen molar-refractivity contribution in [3.05, 3.63) is 12.7 Å². The molecule has 0 spiro atoms. The maximum Gasteiger partial charge on any atom is 0.286 e. The average Bonchev–Trinajstić information content (AvgIpc) is 1.97. The molecule has 0 heterocycles. The molecule has 5 nitrogen and oxygen atoms in total. The van der Waals surface area contributed by atoms with Gasteiger partial charge in [0.25, 0.3) is 10.1 Å². The van der Waals surface area contributed by atoms with Crippen LogP contribution >= 0.6 is 0 Å². The molecule has 1 atom stereocenters. The number of rotatable bonds is 4. The fourth-order valence-electron chi connectivity index (χ4n) is 0.605. The molecule has 1 amide bonds. The Morgan fingerprint density at radius 3 is 2.38 bits per heavy atom. The molecule has 0 saturated heterocycles. The third-order valence-electron chi connectivity index (χ3n) is 1.22. The summed E-state index contributed by atoms with van der Waals surface area (Å²) >= 11 is 0. The van der Waals surface area contributed by atoms with E-state index in [9.17, 15) is 13.2 Å². The predicted octanol–water partition coefficient (Wildman–Crippen LogP) is -0.468. The third kappa shape index (κ3) is 6.23.